The predicted octanol–water partition coefficient (Wildman–Crippen LogP) is 3.10. The maximum Gasteiger partial charge on any atom is 0.254 e. The third kappa shape index (κ3) is 4.52. The van der Waals surface area contributed by atoms with E-state index in [0.717, 1.165) is 24.0 Å². The molecule has 1 saturated heterocycles. The van der Waals surface area contributed by atoms with Crippen LogP contribution in [0, 0.1) is 6.92 Å². The number of benzene rings is 2. The number of sulfonamides is 1. The van der Waals surface area contributed by atoms with Gasteiger partial charge in [-0.05, 0) is 44.0 Å². The van der Waals surface area contributed by atoms with Gasteiger partial charge in [-0.1, -0.05) is 35.0 Å². The van der Waals surface area contributed by atoms with Crippen molar-refractivity contribution in [2.45, 2.75) is 31.2 Å². The number of aryl methyl sites for hydroxylation is 1. The number of aromatic nitrogens is 2. The lowest BCUT2D eigenvalue weighted by molar-refractivity contribution is 0.0769. The number of carbonyl (C=O) groups excluding carboxylic acids is 1. The molecule has 9 heteroatoms. The van der Waals surface area contributed by atoms with E-state index in [4.69, 9.17) is 4.52 Å². The predicted molar refractivity (Wildman–Crippen MR) is 115 cm³/mol. The highest BCUT2D eigenvalue weighted by atomic mass is 32.2. The molecule has 0 N–H and O–H groups in total. The van der Waals surface area contributed by atoms with Crippen molar-refractivity contribution in [1.29, 1.82) is 0 Å². The van der Waals surface area contributed by atoms with Crippen molar-refractivity contribution < 1.29 is 17.7 Å². The Hall–Kier alpha value is -3.04. The number of hydrogen-bond donors (Lipinski definition) is 0. The molecule has 0 saturated carbocycles. The molecule has 162 valence electrons. The van der Waals surface area contributed by atoms with Gasteiger partial charge in [0, 0.05) is 31.3 Å². The molecule has 0 spiro atoms. The molecule has 1 aromatic heterocycles. The van der Waals surface area contributed by atoms with Gasteiger partial charge in [-0.25, -0.2) is 8.42 Å². The third-order valence-corrected chi connectivity index (χ3v) is 7.21. The molecule has 1 fully saturated rings. The summed E-state index contributed by atoms with van der Waals surface area (Å²) in [7, 11) is -1.87. The highest BCUT2D eigenvalue weighted by Gasteiger charge is 2.27. The molecule has 8 nitrogen and oxygen atoms in total. The molecule has 2 heterocycles. The lowest BCUT2D eigenvalue weighted by Gasteiger charge is -2.17. The van der Waals surface area contributed by atoms with Crippen molar-refractivity contribution in [3.05, 3.63) is 65.5 Å². The van der Waals surface area contributed by atoms with Gasteiger partial charge < -0.3 is 9.42 Å². The minimum absolute atomic E-state index is 0.144. The zero-order valence-electron chi connectivity index (χ0n) is 17.5. The first-order chi connectivity index (χ1) is 14.8. The molecule has 1 aliphatic rings. The van der Waals surface area contributed by atoms with Gasteiger partial charge in [0.2, 0.25) is 21.7 Å². The van der Waals surface area contributed by atoms with Crippen molar-refractivity contribution in [3.8, 4) is 11.4 Å². The lowest BCUT2D eigenvalue weighted by Crippen LogP contribution is -2.28. The van der Waals surface area contributed by atoms with E-state index in [9.17, 15) is 13.2 Å². The first kappa shape index (κ1) is 21.2. The largest absolute Gasteiger partial charge is 0.337 e. The second-order valence-electron chi connectivity index (χ2n) is 7.67. The van der Waals surface area contributed by atoms with Crippen LogP contribution in [0.1, 0.15) is 34.7 Å². The Labute approximate surface area is 181 Å². The standard InChI is InChI=1S/C22H24N4O4S/c1-16-5-7-17(8-6-16)21-23-20(30-24-21)15-25(2)22(27)18-9-11-19(12-10-18)31(28,29)26-13-3-4-14-26/h5-12H,3-4,13-15H2,1-2H3. The van der Waals surface area contributed by atoms with E-state index < -0.39 is 10.0 Å². The van der Waals surface area contributed by atoms with Gasteiger partial charge >= 0.3 is 0 Å². The molecule has 2 aromatic carbocycles. The van der Waals surface area contributed by atoms with Gasteiger partial charge in [-0.2, -0.15) is 9.29 Å². The molecule has 31 heavy (non-hydrogen) atoms. The molecule has 0 radical (unpaired) electrons. The quantitative estimate of drug-likeness (QED) is 0.584. The van der Waals surface area contributed by atoms with Crippen LogP contribution in [0.2, 0.25) is 0 Å². The number of rotatable bonds is 6. The highest BCUT2D eigenvalue weighted by molar-refractivity contribution is 7.89. The van der Waals surface area contributed by atoms with E-state index in [0.29, 0.717) is 30.4 Å². The molecule has 1 amide bonds. The topological polar surface area (TPSA) is 96.6 Å². The Bertz CT molecular complexity index is 1160. The van der Waals surface area contributed by atoms with Crippen LogP contribution in [0.5, 0.6) is 0 Å². The van der Waals surface area contributed by atoms with Crippen LogP contribution >= 0.6 is 0 Å². The van der Waals surface area contributed by atoms with Crippen molar-refractivity contribution in [3.63, 3.8) is 0 Å². The Balaban J connectivity index is 1.43. The summed E-state index contributed by atoms with van der Waals surface area (Å²) in [5.41, 5.74) is 2.36. The van der Waals surface area contributed by atoms with Crippen molar-refractivity contribution >= 4 is 15.9 Å². The average Bonchev–Trinajstić information content (AvgIpc) is 3.47. The maximum atomic E-state index is 12.8. The van der Waals surface area contributed by atoms with E-state index in [-0.39, 0.29) is 17.3 Å². The molecule has 0 aliphatic carbocycles. The normalized spacial score (nSPS) is 14.6. The van der Waals surface area contributed by atoms with E-state index >= 15 is 0 Å². The van der Waals surface area contributed by atoms with Gasteiger partial charge in [-0.3, -0.25) is 4.79 Å². The molecule has 1 aliphatic heterocycles. The summed E-state index contributed by atoms with van der Waals surface area (Å²) in [6.07, 6.45) is 1.75. The van der Waals surface area contributed by atoms with E-state index in [2.05, 4.69) is 10.1 Å². The summed E-state index contributed by atoms with van der Waals surface area (Å²) in [6.45, 7) is 3.23. The van der Waals surface area contributed by atoms with Crippen LogP contribution in [0.3, 0.4) is 0 Å². The fraction of sp³-hybridized carbons (Fsp3) is 0.318. The van der Waals surface area contributed by atoms with Crippen LogP contribution in [-0.2, 0) is 16.6 Å². The molecular weight excluding hydrogens is 416 g/mol. The highest BCUT2D eigenvalue weighted by Crippen LogP contribution is 2.22. The molecule has 3 aromatic rings. The van der Waals surface area contributed by atoms with Crippen LogP contribution in [0.4, 0.5) is 0 Å². The Kier molecular flexibility index (Phi) is 5.88. The fourth-order valence-electron chi connectivity index (χ4n) is 3.48. The van der Waals surface area contributed by atoms with E-state index in [1.165, 1.54) is 33.5 Å². The Morgan fingerprint density at radius 2 is 1.71 bits per heavy atom. The van der Waals surface area contributed by atoms with Gasteiger partial charge in [-0.15, -0.1) is 0 Å². The molecule has 0 bridgehead atoms. The summed E-state index contributed by atoms with van der Waals surface area (Å²) >= 11 is 0. The second-order valence-corrected chi connectivity index (χ2v) is 9.61. The van der Waals surface area contributed by atoms with Crippen molar-refractivity contribution in [2.75, 3.05) is 20.1 Å². The van der Waals surface area contributed by atoms with Gasteiger partial charge in [0.15, 0.2) is 0 Å². The van der Waals surface area contributed by atoms with Crippen LogP contribution < -0.4 is 0 Å². The Morgan fingerprint density at radius 1 is 1.06 bits per heavy atom. The summed E-state index contributed by atoms with van der Waals surface area (Å²) in [4.78, 5) is 18.8. The second kappa shape index (κ2) is 8.60. The SMILES string of the molecule is Cc1ccc(-c2noc(CN(C)C(=O)c3ccc(S(=O)(=O)N4CCCC4)cc3)n2)cc1. The van der Waals surface area contributed by atoms with Crippen LogP contribution in [0.15, 0.2) is 57.9 Å². The van der Waals surface area contributed by atoms with Gasteiger partial charge in [0.1, 0.15) is 0 Å². The number of hydrogen-bond acceptors (Lipinski definition) is 6. The average molecular weight is 441 g/mol. The summed E-state index contributed by atoms with van der Waals surface area (Å²) < 4.78 is 32.0. The van der Waals surface area contributed by atoms with E-state index in [1.807, 2.05) is 31.2 Å². The fourth-order valence-corrected chi connectivity index (χ4v) is 5.00. The van der Waals surface area contributed by atoms with Crippen LogP contribution in [0.25, 0.3) is 11.4 Å². The summed E-state index contributed by atoms with van der Waals surface area (Å²) in [5, 5.41) is 3.98. The minimum Gasteiger partial charge on any atom is -0.337 e. The third-order valence-electron chi connectivity index (χ3n) is 5.30. The number of nitrogens with zero attached hydrogens (tertiary/aromatic N) is 4. The first-order valence-electron chi connectivity index (χ1n) is 10.1. The smallest absolute Gasteiger partial charge is 0.254 e. The maximum absolute atomic E-state index is 12.8. The van der Waals surface area contributed by atoms with Crippen LogP contribution in [-0.4, -0.2) is 53.8 Å². The van der Waals surface area contributed by atoms with Crippen molar-refractivity contribution in [2.24, 2.45) is 0 Å². The van der Waals surface area contributed by atoms with Crippen molar-refractivity contribution in [1.82, 2.24) is 19.3 Å². The zero-order chi connectivity index (χ0) is 22.0. The first-order valence-corrected chi connectivity index (χ1v) is 11.5. The van der Waals surface area contributed by atoms with Gasteiger partial charge in [0.05, 0.1) is 11.4 Å². The van der Waals surface area contributed by atoms with Gasteiger partial charge in [0.25, 0.3) is 5.91 Å². The lowest BCUT2D eigenvalue weighted by atomic mass is 10.1. The minimum atomic E-state index is -3.50. The Morgan fingerprint density at radius 3 is 2.35 bits per heavy atom. The molecule has 4 rings (SSSR count). The molecule has 0 atom stereocenters. The summed E-state index contributed by atoms with van der Waals surface area (Å²) in [6, 6.07) is 13.8. The summed E-state index contributed by atoms with van der Waals surface area (Å²) in [5.74, 6) is 0.521. The molecular formula is C22H24N4O4S. The van der Waals surface area contributed by atoms with E-state index in [1.54, 1.807) is 7.05 Å². The number of amides is 1. The zero-order valence-corrected chi connectivity index (χ0v) is 18.3. The number of carbonyl (C=O) groups is 1. The monoisotopic (exact) mass is 440 g/mol. The molecule has 0 unspecified atom stereocenters.